The highest BCUT2D eigenvalue weighted by atomic mass is 16.5. The Bertz CT molecular complexity index is 661. The highest BCUT2D eigenvalue weighted by Crippen LogP contribution is 2.27. The van der Waals surface area contributed by atoms with E-state index in [0.717, 1.165) is 12.8 Å². The van der Waals surface area contributed by atoms with Gasteiger partial charge in [-0.05, 0) is 37.5 Å². The Labute approximate surface area is 145 Å². The van der Waals surface area contributed by atoms with Gasteiger partial charge in [0.15, 0.2) is 18.1 Å². The first-order valence-corrected chi connectivity index (χ1v) is 7.96. The van der Waals surface area contributed by atoms with Crippen molar-refractivity contribution in [3.8, 4) is 11.5 Å². The van der Waals surface area contributed by atoms with Crippen LogP contribution >= 0.6 is 0 Å². The van der Waals surface area contributed by atoms with Gasteiger partial charge in [0.05, 0.1) is 19.8 Å². The fraction of sp³-hybridized carbons (Fsp3) is 0.471. The molecule has 1 aliphatic rings. The second-order valence-electron chi connectivity index (χ2n) is 5.65. The fourth-order valence-corrected chi connectivity index (χ4v) is 2.78. The average molecular weight is 350 g/mol. The number of hydrogen-bond acceptors (Lipinski definition) is 6. The summed E-state index contributed by atoms with van der Waals surface area (Å²) >= 11 is 0. The Morgan fingerprint density at radius 1 is 1.16 bits per heavy atom. The number of likely N-dealkylation sites (tertiary alicyclic amines) is 1. The topological polar surface area (TPSA) is 108 Å². The van der Waals surface area contributed by atoms with Gasteiger partial charge in [0.1, 0.15) is 6.04 Å². The van der Waals surface area contributed by atoms with Gasteiger partial charge in [-0.15, -0.1) is 0 Å². The van der Waals surface area contributed by atoms with Crippen LogP contribution in [0, 0.1) is 0 Å². The second kappa shape index (κ2) is 8.36. The summed E-state index contributed by atoms with van der Waals surface area (Å²) in [6, 6.07) is 3.92. The average Bonchev–Trinajstić information content (AvgIpc) is 2.65. The van der Waals surface area contributed by atoms with E-state index in [1.807, 2.05) is 0 Å². The maximum absolute atomic E-state index is 12.3. The lowest BCUT2D eigenvalue weighted by atomic mass is 10.0. The summed E-state index contributed by atoms with van der Waals surface area (Å²) in [6.45, 7) is -0.0166. The van der Waals surface area contributed by atoms with Crippen molar-refractivity contribution in [2.24, 2.45) is 5.73 Å². The molecule has 2 rings (SSSR count). The highest BCUT2D eigenvalue weighted by molar-refractivity contribution is 5.93. The molecule has 0 spiro atoms. The molecule has 8 nitrogen and oxygen atoms in total. The van der Waals surface area contributed by atoms with Crippen LogP contribution in [0.2, 0.25) is 0 Å². The molecular formula is C17H22N2O6. The van der Waals surface area contributed by atoms with Crippen molar-refractivity contribution < 1.29 is 28.6 Å². The Morgan fingerprint density at radius 3 is 2.52 bits per heavy atom. The quantitative estimate of drug-likeness (QED) is 0.758. The molecule has 0 saturated carbocycles. The summed E-state index contributed by atoms with van der Waals surface area (Å²) < 4.78 is 15.3. The molecule has 0 aliphatic carbocycles. The first-order valence-electron chi connectivity index (χ1n) is 7.96. The lowest BCUT2D eigenvalue weighted by Gasteiger charge is -2.33. The van der Waals surface area contributed by atoms with E-state index in [-0.39, 0.29) is 5.56 Å². The van der Waals surface area contributed by atoms with Crippen molar-refractivity contribution in [3.63, 3.8) is 0 Å². The van der Waals surface area contributed by atoms with Crippen LogP contribution in [-0.2, 0) is 14.3 Å². The molecule has 8 heteroatoms. The van der Waals surface area contributed by atoms with Crippen LogP contribution in [0.25, 0.3) is 0 Å². The van der Waals surface area contributed by atoms with Gasteiger partial charge >= 0.3 is 5.97 Å². The molecular weight excluding hydrogens is 328 g/mol. The number of rotatable bonds is 6. The molecule has 1 fully saturated rings. The Hall–Kier alpha value is -2.77. The van der Waals surface area contributed by atoms with Gasteiger partial charge in [-0.1, -0.05) is 0 Å². The molecule has 0 bridgehead atoms. The standard InChI is InChI=1S/C17H22N2O6/c1-23-13-7-6-11(9-14(13)24-2)17(22)25-10-15(20)19-8-4-3-5-12(19)16(18)21/h6-7,9,12H,3-5,8,10H2,1-2H3,(H2,18,21)/t12-/m0/s1. The Balaban J connectivity index is 1.99. The predicted octanol–water partition coefficient (Wildman–Crippen LogP) is 0.727. The van der Waals surface area contributed by atoms with Crippen LogP contribution < -0.4 is 15.2 Å². The number of nitrogens with two attached hydrogens (primary N) is 1. The minimum absolute atomic E-state index is 0.232. The maximum Gasteiger partial charge on any atom is 0.338 e. The van der Waals surface area contributed by atoms with Crippen LogP contribution in [0.5, 0.6) is 11.5 Å². The molecule has 1 saturated heterocycles. The maximum atomic E-state index is 12.3. The zero-order chi connectivity index (χ0) is 18.4. The molecule has 2 amide bonds. The van der Waals surface area contributed by atoms with E-state index < -0.39 is 30.4 Å². The molecule has 1 aromatic rings. The van der Waals surface area contributed by atoms with E-state index >= 15 is 0 Å². The molecule has 1 heterocycles. The van der Waals surface area contributed by atoms with Crippen LogP contribution in [-0.4, -0.2) is 56.1 Å². The van der Waals surface area contributed by atoms with E-state index in [1.165, 1.54) is 31.3 Å². The molecule has 1 atom stereocenters. The number of carbonyl (C=O) groups excluding carboxylic acids is 3. The Kier molecular flexibility index (Phi) is 6.21. The lowest BCUT2D eigenvalue weighted by Crippen LogP contribution is -2.51. The number of methoxy groups -OCH3 is 2. The van der Waals surface area contributed by atoms with Gasteiger partial charge < -0.3 is 24.8 Å². The molecule has 2 N–H and O–H groups in total. The summed E-state index contributed by atoms with van der Waals surface area (Å²) in [6.07, 6.45) is 2.16. The van der Waals surface area contributed by atoms with Crippen molar-refractivity contribution in [3.05, 3.63) is 23.8 Å². The van der Waals surface area contributed by atoms with Gasteiger partial charge in [0.25, 0.3) is 5.91 Å². The van der Waals surface area contributed by atoms with Crippen molar-refractivity contribution in [2.75, 3.05) is 27.4 Å². The zero-order valence-corrected chi connectivity index (χ0v) is 14.3. The Morgan fingerprint density at radius 2 is 1.88 bits per heavy atom. The smallest absolute Gasteiger partial charge is 0.338 e. The predicted molar refractivity (Wildman–Crippen MR) is 88.4 cm³/mol. The van der Waals surface area contributed by atoms with Gasteiger partial charge in [-0.3, -0.25) is 9.59 Å². The second-order valence-corrected chi connectivity index (χ2v) is 5.65. The molecule has 0 aromatic heterocycles. The van der Waals surface area contributed by atoms with Crippen molar-refractivity contribution >= 4 is 17.8 Å². The zero-order valence-electron chi connectivity index (χ0n) is 14.3. The summed E-state index contributed by atoms with van der Waals surface area (Å²) in [5.74, 6) is -0.778. The van der Waals surface area contributed by atoms with Crippen molar-refractivity contribution in [2.45, 2.75) is 25.3 Å². The monoisotopic (exact) mass is 350 g/mol. The first kappa shape index (κ1) is 18.6. The van der Waals surface area contributed by atoms with Crippen LogP contribution in [0.4, 0.5) is 0 Å². The number of primary amides is 1. The van der Waals surface area contributed by atoms with Crippen molar-refractivity contribution in [1.82, 2.24) is 4.90 Å². The molecule has 136 valence electrons. The van der Waals surface area contributed by atoms with Crippen LogP contribution in [0.15, 0.2) is 18.2 Å². The normalized spacial score (nSPS) is 16.9. The van der Waals surface area contributed by atoms with E-state index in [0.29, 0.717) is 24.5 Å². The number of piperidine rings is 1. The number of ether oxygens (including phenoxy) is 3. The summed E-state index contributed by atoms with van der Waals surface area (Å²) in [4.78, 5) is 37.2. The van der Waals surface area contributed by atoms with Crippen LogP contribution in [0.1, 0.15) is 29.6 Å². The number of benzene rings is 1. The third kappa shape index (κ3) is 4.40. The summed E-state index contributed by atoms with van der Waals surface area (Å²) in [7, 11) is 2.94. The number of nitrogens with zero attached hydrogens (tertiary/aromatic N) is 1. The number of amides is 2. The SMILES string of the molecule is COc1ccc(C(=O)OCC(=O)N2CCCC[C@H]2C(N)=O)cc1OC. The number of hydrogen-bond donors (Lipinski definition) is 1. The molecule has 0 unspecified atom stereocenters. The molecule has 1 aliphatic heterocycles. The fourth-order valence-electron chi connectivity index (χ4n) is 2.78. The third-order valence-electron chi connectivity index (χ3n) is 4.10. The van der Waals surface area contributed by atoms with Gasteiger partial charge in [-0.25, -0.2) is 4.79 Å². The summed E-state index contributed by atoms with van der Waals surface area (Å²) in [5.41, 5.74) is 5.57. The largest absolute Gasteiger partial charge is 0.493 e. The van der Waals surface area contributed by atoms with E-state index in [1.54, 1.807) is 6.07 Å². The minimum Gasteiger partial charge on any atom is -0.493 e. The molecule has 1 aromatic carbocycles. The first-order chi connectivity index (χ1) is 12.0. The van der Waals surface area contributed by atoms with Crippen molar-refractivity contribution in [1.29, 1.82) is 0 Å². The van der Waals surface area contributed by atoms with Crippen LogP contribution in [0.3, 0.4) is 0 Å². The third-order valence-corrected chi connectivity index (χ3v) is 4.10. The van der Waals surface area contributed by atoms with Gasteiger partial charge in [-0.2, -0.15) is 0 Å². The van der Waals surface area contributed by atoms with Gasteiger partial charge in [0, 0.05) is 6.54 Å². The van der Waals surface area contributed by atoms with Gasteiger partial charge in [0.2, 0.25) is 5.91 Å². The molecule has 0 radical (unpaired) electrons. The molecule has 25 heavy (non-hydrogen) atoms. The van der Waals surface area contributed by atoms with E-state index in [2.05, 4.69) is 0 Å². The number of esters is 1. The minimum atomic E-state index is -0.665. The number of carbonyl (C=O) groups is 3. The highest BCUT2D eigenvalue weighted by Gasteiger charge is 2.31. The lowest BCUT2D eigenvalue weighted by molar-refractivity contribution is -0.143. The summed E-state index contributed by atoms with van der Waals surface area (Å²) in [5, 5.41) is 0. The van der Waals surface area contributed by atoms with E-state index in [9.17, 15) is 14.4 Å². The van der Waals surface area contributed by atoms with E-state index in [4.69, 9.17) is 19.9 Å².